The van der Waals surface area contributed by atoms with Crippen LogP contribution in [0.1, 0.15) is 12.5 Å². The van der Waals surface area contributed by atoms with Crippen LogP contribution in [0.3, 0.4) is 0 Å². The summed E-state index contributed by atoms with van der Waals surface area (Å²) in [6.07, 6.45) is 0.596. The predicted molar refractivity (Wildman–Crippen MR) is 76.1 cm³/mol. The summed E-state index contributed by atoms with van der Waals surface area (Å²) in [5, 5.41) is 0. The number of hydrogen-bond acceptors (Lipinski definition) is 8. The Kier molecular flexibility index (Phi) is 5.45. The largest absolute Gasteiger partial charge is 0.465 e. The van der Waals surface area contributed by atoms with Gasteiger partial charge in [0.25, 0.3) is 5.79 Å². The van der Waals surface area contributed by atoms with Crippen LogP contribution in [-0.4, -0.2) is 32.4 Å². The highest BCUT2D eigenvalue weighted by molar-refractivity contribution is 6.14. The summed E-state index contributed by atoms with van der Waals surface area (Å²) < 4.78 is 9.20. The lowest BCUT2D eigenvalue weighted by atomic mass is 10.0. The zero-order chi connectivity index (χ0) is 16.9. The normalized spacial score (nSPS) is 23.7. The maximum absolute atomic E-state index is 11.9. The van der Waals surface area contributed by atoms with Gasteiger partial charge in [0.1, 0.15) is 5.57 Å². The van der Waals surface area contributed by atoms with Gasteiger partial charge < -0.3 is 9.47 Å². The Balaban J connectivity index is 2.50. The van der Waals surface area contributed by atoms with Crippen molar-refractivity contribution >= 4 is 11.9 Å². The fourth-order valence-electron chi connectivity index (χ4n) is 1.88. The van der Waals surface area contributed by atoms with Crippen molar-refractivity contribution in [3.05, 3.63) is 47.5 Å². The van der Waals surface area contributed by atoms with E-state index in [1.807, 2.05) is 0 Å². The van der Waals surface area contributed by atoms with Crippen LogP contribution in [0.2, 0.25) is 0 Å². The highest BCUT2D eigenvalue weighted by Gasteiger charge is 2.41. The summed E-state index contributed by atoms with van der Waals surface area (Å²) in [4.78, 5) is 39.6. The van der Waals surface area contributed by atoms with Crippen LogP contribution in [-0.2, 0) is 39.5 Å². The maximum atomic E-state index is 11.9. The fraction of sp³-hybridized carbons (Fsp3) is 0.333. The summed E-state index contributed by atoms with van der Waals surface area (Å²) >= 11 is 0. The molecule has 1 aromatic carbocycles. The molecule has 0 saturated carbocycles. The van der Waals surface area contributed by atoms with E-state index in [1.165, 1.54) is 0 Å². The number of esters is 2. The van der Waals surface area contributed by atoms with Crippen molar-refractivity contribution in [2.45, 2.75) is 18.9 Å². The number of hydroxylamine groups is 1. The standard InChI is InChI=1S/C15H17NO7/c1-10-16-22-15(23-21-10,11-7-5-4-6-8-11)9-12(13(17)19-2)14(18)20-3/h4-10,16H,1-3H3. The Morgan fingerprint density at radius 3 is 2.26 bits per heavy atom. The third-order valence-electron chi connectivity index (χ3n) is 3.01. The lowest BCUT2D eigenvalue weighted by Gasteiger charge is -2.36. The Morgan fingerprint density at radius 2 is 1.78 bits per heavy atom. The number of carbonyl (C=O) groups excluding carboxylic acids is 2. The first-order valence-electron chi connectivity index (χ1n) is 6.75. The molecule has 23 heavy (non-hydrogen) atoms. The van der Waals surface area contributed by atoms with Crippen LogP contribution in [0.4, 0.5) is 0 Å². The van der Waals surface area contributed by atoms with Crippen LogP contribution in [0, 0.1) is 0 Å². The van der Waals surface area contributed by atoms with Crippen LogP contribution in [0.5, 0.6) is 0 Å². The van der Waals surface area contributed by atoms with Crippen molar-refractivity contribution in [3.8, 4) is 0 Å². The summed E-state index contributed by atoms with van der Waals surface area (Å²) in [6, 6.07) is 8.65. The summed E-state index contributed by atoms with van der Waals surface area (Å²) in [6.45, 7) is 1.65. The van der Waals surface area contributed by atoms with E-state index in [-0.39, 0.29) is 5.57 Å². The molecule has 8 heteroatoms. The van der Waals surface area contributed by atoms with Crippen LogP contribution >= 0.6 is 0 Å². The SMILES string of the molecule is COC(=O)C(=CC1(c2ccccc2)ONC(C)OO1)C(=O)OC. The summed E-state index contributed by atoms with van der Waals surface area (Å²) in [5.41, 5.74) is 2.70. The van der Waals surface area contributed by atoms with E-state index in [2.05, 4.69) is 15.0 Å². The first kappa shape index (κ1) is 17.1. The summed E-state index contributed by atoms with van der Waals surface area (Å²) in [5.74, 6) is -3.44. The maximum Gasteiger partial charge on any atom is 0.345 e. The van der Waals surface area contributed by atoms with Gasteiger partial charge in [0.15, 0.2) is 6.23 Å². The number of ether oxygens (including phenoxy) is 2. The van der Waals surface area contributed by atoms with Crippen LogP contribution in [0.25, 0.3) is 0 Å². The minimum absolute atomic E-state index is 0.390. The molecule has 8 nitrogen and oxygen atoms in total. The van der Waals surface area contributed by atoms with E-state index >= 15 is 0 Å². The third kappa shape index (κ3) is 3.74. The molecule has 0 aliphatic carbocycles. The number of methoxy groups -OCH3 is 2. The molecule has 124 valence electrons. The van der Waals surface area contributed by atoms with E-state index in [0.717, 1.165) is 20.3 Å². The number of benzene rings is 1. The lowest BCUT2D eigenvalue weighted by Crippen LogP contribution is -2.48. The van der Waals surface area contributed by atoms with Crippen molar-refractivity contribution in [1.29, 1.82) is 0 Å². The molecule has 1 saturated heterocycles. The van der Waals surface area contributed by atoms with Crippen molar-refractivity contribution in [2.24, 2.45) is 0 Å². The first-order valence-corrected chi connectivity index (χ1v) is 6.75. The Labute approximate surface area is 132 Å². The smallest absolute Gasteiger partial charge is 0.345 e. The highest BCUT2D eigenvalue weighted by atomic mass is 17.3. The van der Waals surface area contributed by atoms with Crippen molar-refractivity contribution < 1.29 is 33.7 Å². The van der Waals surface area contributed by atoms with Gasteiger partial charge in [-0.2, -0.15) is 10.4 Å². The zero-order valence-electron chi connectivity index (χ0n) is 12.9. The molecule has 0 spiro atoms. The molecule has 1 aliphatic rings. The van der Waals surface area contributed by atoms with Gasteiger partial charge in [0, 0.05) is 11.6 Å². The van der Waals surface area contributed by atoms with Gasteiger partial charge in [-0.1, -0.05) is 30.3 Å². The molecule has 1 heterocycles. The molecule has 0 radical (unpaired) electrons. The van der Waals surface area contributed by atoms with Gasteiger partial charge in [-0.3, -0.25) is 4.84 Å². The van der Waals surface area contributed by atoms with Gasteiger partial charge in [0.2, 0.25) is 0 Å². The molecular formula is C15H17NO7. The number of rotatable bonds is 4. The van der Waals surface area contributed by atoms with Crippen molar-refractivity contribution in [1.82, 2.24) is 5.48 Å². The minimum atomic E-state index is -1.66. The molecule has 1 fully saturated rings. The summed E-state index contributed by atoms with van der Waals surface area (Å²) in [7, 11) is 2.29. The second-order valence-electron chi connectivity index (χ2n) is 4.62. The third-order valence-corrected chi connectivity index (χ3v) is 3.01. The van der Waals surface area contributed by atoms with Gasteiger partial charge in [-0.15, -0.1) is 0 Å². The topological polar surface area (TPSA) is 92.3 Å². The molecule has 2 atom stereocenters. The Hall–Kier alpha value is -2.26. The van der Waals surface area contributed by atoms with Gasteiger partial charge in [-0.25, -0.2) is 14.5 Å². The first-order chi connectivity index (χ1) is 11.0. The number of carbonyl (C=O) groups is 2. The van der Waals surface area contributed by atoms with Crippen LogP contribution in [0.15, 0.2) is 42.0 Å². The average Bonchev–Trinajstić information content (AvgIpc) is 2.61. The molecule has 1 aliphatic heterocycles. The van der Waals surface area contributed by atoms with Gasteiger partial charge >= 0.3 is 11.9 Å². The molecule has 2 rings (SSSR count). The quantitative estimate of drug-likeness (QED) is 0.288. The van der Waals surface area contributed by atoms with Crippen molar-refractivity contribution in [3.63, 3.8) is 0 Å². The van der Waals surface area contributed by atoms with E-state index in [9.17, 15) is 9.59 Å². The second kappa shape index (κ2) is 7.34. The van der Waals surface area contributed by atoms with Gasteiger partial charge in [0.05, 0.1) is 14.2 Å². The molecule has 1 aromatic rings. The van der Waals surface area contributed by atoms with E-state index in [0.29, 0.717) is 5.56 Å². The second-order valence-corrected chi connectivity index (χ2v) is 4.62. The molecule has 0 aromatic heterocycles. The molecule has 2 unspecified atom stereocenters. The molecule has 0 amide bonds. The number of nitrogens with one attached hydrogen (secondary N) is 1. The fourth-order valence-corrected chi connectivity index (χ4v) is 1.88. The zero-order valence-corrected chi connectivity index (χ0v) is 12.9. The average molecular weight is 323 g/mol. The molecule has 0 bridgehead atoms. The van der Waals surface area contributed by atoms with E-state index in [4.69, 9.17) is 14.6 Å². The Morgan fingerprint density at radius 1 is 1.17 bits per heavy atom. The molecular weight excluding hydrogens is 306 g/mol. The van der Waals surface area contributed by atoms with E-state index < -0.39 is 24.0 Å². The lowest BCUT2D eigenvalue weighted by molar-refractivity contribution is -0.502. The predicted octanol–water partition coefficient (Wildman–Crippen LogP) is 0.941. The van der Waals surface area contributed by atoms with E-state index in [1.54, 1.807) is 37.3 Å². The minimum Gasteiger partial charge on any atom is -0.465 e. The van der Waals surface area contributed by atoms with Crippen LogP contribution < -0.4 is 5.48 Å². The number of hydrogen-bond donors (Lipinski definition) is 1. The Bertz CT molecular complexity index is 573. The monoisotopic (exact) mass is 323 g/mol. The van der Waals surface area contributed by atoms with Crippen molar-refractivity contribution in [2.75, 3.05) is 14.2 Å². The molecule has 1 N–H and O–H groups in total. The highest BCUT2D eigenvalue weighted by Crippen LogP contribution is 2.33. The van der Waals surface area contributed by atoms with Gasteiger partial charge in [-0.05, 0) is 6.92 Å².